The standard InChI is InChI=1S/C18H24FN3O3/c19-15-3-1-2-4-16(15)22-8-5-13(12-22)11-20-18(25)21-9-6-14(7-10-21)17(23)24/h1-4,13-14H,5-12H2,(H,20,25)(H,23,24). The molecule has 2 saturated heterocycles. The third-order valence-electron chi connectivity index (χ3n) is 5.15. The number of likely N-dealkylation sites (tertiary alicyclic amines) is 1. The van der Waals surface area contributed by atoms with Gasteiger partial charge in [0.2, 0.25) is 0 Å². The number of amides is 2. The first-order valence-electron chi connectivity index (χ1n) is 8.79. The molecule has 0 saturated carbocycles. The Morgan fingerprint density at radius 3 is 2.56 bits per heavy atom. The van der Waals surface area contributed by atoms with Crippen LogP contribution in [0, 0.1) is 17.7 Å². The van der Waals surface area contributed by atoms with E-state index in [0.717, 1.165) is 19.5 Å². The number of anilines is 1. The average molecular weight is 349 g/mol. The molecule has 6 nitrogen and oxygen atoms in total. The van der Waals surface area contributed by atoms with Crippen molar-refractivity contribution in [2.45, 2.75) is 19.3 Å². The molecule has 2 fully saturated rings. The van der Waals surface area contributed by atoms with Crippen LogP contribution in [0.25, 0.3) is 0 Å². The van der Waals surface area contributed by atoms with Gasteiger partial charge in [-0.25, -0.2) is 9.18 Å². The Labute approximate surface area is 146 Å². The minimum Gasteiger partial charge on any atom is -0.481 e. The van der Waals surface area contributed by atoms with Crippen molar-refractivity contribution >= 4 is 17.7 Å². The summed E-state index contributed by atoms with van der Waals surface area (Å²) in [5, 5.41) is 11.9. The van der Waals surface area contributed by atoms with Crippen molar-refractivity contribution in [3.63, 3.8) is 0 Å². The molecular formula is C18H24FN3O3. The van der Waals surface area contributed by atoms with E-state index < -0.39 is 5.97 Å². The fraction of sp³-hybridized carbons (Fsp3) is 0.556. The zero-order valence-corrected chi connectivity index (χ0v) is 14.2. The largest absolute Gasteiger partial charge is 0.481 e. The van der Waals surface area contributed by atoms with Crippen molar-refractivity contribution in [1.82, 2.24) is 10.2 Å². The van der Waals surface area contributed by atoms with Crippen LogP contribution in [0.1, 0.15) is 19.3 Å². The minimum absolute atomic E-state index is 0.131. The van der Waals surface area contributed by atoms with E-state index in [1.807, 2.05) is 11.0 Å². The number of benzene rings is 1. The van der Waals surface area contributed by atoms with Gasteiger partial charge in [-0.1, -0.05) is 12.1 Å². The highest BCUT2D eigenvalue weighted by atomic mass is 19.1. The number of halogens is 1. The topological polar surface area (TPSA) is 72.9 Å². The molecule has 1 unspecified atom stereocenters. The molecule has 2 aliphatic heterocycles. The first-order chi connectivity index (χ1) is 12.0. The number of aliphatic carboxylic acids is 1. The molecule has 1 aromatic rings. The number of rotatable bonds is 4. The van der Waals surface area contributed by atoms with Crippen LogP contribution < -0.4 is 10.2 Å². The molecule has 1 aromatic carbocycles. The van der Waals surface area contributed by atoms with Crippen LogP contribution in [-0.4, -0.2) is 54.7 Å². The zero-order valence-electron chi connectivity index (χ0n) is 14.2. The smallest absolute Gasteiger partial charge is 0.317 e. The second-order valence-electron chi connectivity index (χ2n) is 6.84. The van der Waals surface area contributed by atoms with Crippen molar-refractivity contribution < 1.29 is 19.1 Å². The van der Waals surface area contributed by atoms with Crippen LogP contribution in [-0.2, 0) is 4.79 Å². The molecule has 25 heavy (non-hydrogen) atoms. The maximum Gasteiger partial charge on any atom is 0.317 e. The predicted molar refractivity (Wildman–Crippen MR) is 92.1 cm³/mol. The first kappa shape index (κ1) is 17.5. The summed E-state index contributed by atoms with van der Waals surface area (Å²) in [6.45, 7) is 3.03. The lowest BCUT2D eigenvalue weighted by atomic mass is 9.97. The lowest BCUT2D eigenvalue weighted by Gasteiger charge is -2.30. The van der Waals surface area contributed by atoms with E-state index in [0.29, 0.717) is 44.1 Å². The van der Waals surface area contributed by atoms with E-state index in [1.54, 1.807) is 17.0 Å². The molecule has 1 atom stereocenters. The van der Waals surface area contributed by atoms with Gasteiger partial charge in [-0.3, -0.25) is 4.79 Å². The second kappa shape index (κ2) is 7.72. The number of nitrogens with zero attached hydrogens (tertiary/aromatic N) is 2. The van der Waals surface area contributed by atoms with Crippen molar-refractivity contribution in [2.24, 2.45) is 11.8 Å². The second-order valence-corrected chi connectivity index (χ2v) is 6.84. The van der Waals surface area contributed by atoms with Gasteiger partial charge < -0.3 is 20.2 Å². The van der Waals surface area contributed by atoms with E-state index in [4.69, 9.17) is 5.11 Å². The van der Waals surface area contributed by atoms with Gasteiger partial charge in [-0.2, -0.15) is 0 Å². The van der Waals surface area contributed by atoms with Crippen molar-refractivity contribution in [1.29, 1.82) is 0 Å². The Morgan fingerprint density at radius 1 is 1.16 bits per heavy atom. The van der Waals surface area contributed by atoms with Crippen molar-refractivity contribution in [2.75, 3.05) is 37.6 Å². The maximum atomic E-state index is 13.9. The van der Waals surface area contributed by atoms with Gasteiger partial charge in [0.25, 0.3) is 0 Å². The fourth-order valence-corrected chi connectivity index (χ4v) is 3.60. The highest BCUT2D eigenvalue weighted by molar-refractivity contribution is 5.75. The molecule has 0 aromatic heterocycles. The third-order valence-corrected chi connectivity index (χ3v) is 5.15. The first-order valence-corrected chi connectivity index (χ1v) is 8.79. The Bertz CT molecular complexity index is 632. The molecule has 3 rings (SSSR count). The predicted octanol–water partition coefficient (Wildman–Crippen LogP) is 2.16. The Kier molecular flexibility index (Phi) is 5.40. The third kappa shape index (κ3) is 4.21. The molecule has 2 heterocycles. The van der Waals surface area contributed by atoms with E-state index in [1.165, 1.54) is 6.07 Å². The lowest BCUT2D eigenvalue weighted by molar-refractivity contribution is -0.143. The quantitative estimate of drug-likeness (QED) is 0.874. The number of carbonyl (C=O) groups excluding carboxylic acids is 1. The molecule has 2 N–H and O–H groups in total. The number of urea groups is 1. The summed E-state index contributed by atoms with van der Waals surface area (Å²) in [7, 11) is 0. The average Bonchev–Trinajstić information content (AvgIpc) is 3.09. The molecule has 0 spiro atoms. The van der Waals surface area contributed by atoms with Gasteiger partial charge in [0.1, 0.15) is 5.82 Å². The van der Waals surface area contributed by atoms with Crippen LogP contribution in [0.15, 0.2) is 24.3 Å². The number of para-hydroxylation sites is 1. The van der Waals surface area contributed by atoms with Gasteiger partial charge in [-0.05, 0) is 37.3 Å². The molecule has 0 bridgehead atoms. The Morgan fingerprint density at radius 2 is 1.88 bits per heavy atom. The zero-order chi connectivity index (χ0) is 17.8. The van der Waals surface area contributed by atoms with Gasteiger partial charge in [0.05, 0.1) is 11.6 Å². The number of nitrogens with one attached hydrogen (secondary N) is 1. The highest BCUT2D eigenvalue weighted by Crippen LogP contribution is 2.26. The van der Waals surface area contributed by atoms with Crippen LogP contribution in [0.3, 0.4) is 0 Å². The monoisotopic (exact) mass is 349 g/mol. The van der Waals surface area contributed by atoms with Crippen LogP contribution in [0.5, 0.6) is 0 Å². The highest BCUT2D eigenvalue weighted by Gasteiger charge is 2.28. The summed E-state index contributed by atoms with van der Waals surface area (Å²) in [5.41, 5.74) is 0.618. The fourth-order valence-electron chi connectivity index (χ4n) is 3.60. The van der Waals surface area contributed by atoms with E-state index in [9.17, 15) is 14.0 Å². The van der Waals surface area contributed by atoms with E-state index in [-0.39, 0.29) is 17.8 Å². The van der Waals surface area contributed by atoms with Crippen molar-refractivity contribution in [3.05, 3.63) is 30.1 Å². The SMILES string of the molecule is O=C(O)C1CCN(C(=O)NCC2CCN(c3ccccc3F)C2)CC1. The number of carboxylic acids is 1. The molecule has 7 heteroatoms. The number of piperidine rings is 1. The van der Waals surface area contributed by atoms with E-state index >= 15 is 0 Å². The minimum atomic E-state index is -0.778. The summed E-state index contributed by atoms with van der Waals surface area (Å²) in [5.74, 6) is -1.04. The molecule has 2 amide bonds. The molecule has 136 valence electrons. The Hall–Kier alpha value is -2.31. The lowest BCUT2D eigenvalue weighted by Crippen LogP contribution is -2.46. The number of hydrogen-bond donors (Lipinski definition) is 2. The van der Waals surface area contributed by atoms with Crippen LogP contribution in [0.4, 0.5) is 14.9 Å². The Balaban J connectivity index is 1.43. The van der Waals surface area contributed by atoms with Gasteiger partial charge in [0, 0.05) is 32.7 Å². The number of carbonyl (C=O) groups is 2. The van der Waals surface area contributed by atoms with Gasteiger partial charge in [0.15, 0.2) is 0 Å². The molecule has 0 radical (unpaired) electrons. The van der Waals surface area contributed by atoms with Gasteiger partial charge in [-0.15, -0.1) is 0 Å². The summed E-state index contributed by atoms with van der Waals surface area (Å²) in [4.78, 5) is 26.9. The summed E-state index contributed by atoms with van der Waals surface area (Å²) in [6, 6.07) is 6.62. The van der Waals surface area contributed by atoms with Crippen molar-refractivity contribution in [3.8, 4) is 0 Å². The van der Waals surface area contributed by atoms with Gasteiger partial charge >= 0.3 is 12.0 Å². The number of carboxylic acid groups (broad SMARTS) is 1. The molecule has 2 aliphatic rings. The summed E-state index contributed by atoms with van der Waals surface area (Å²) < 4.78 is 13.9. The molecular weight excluding hydrogens is 325 g/mol. The van der Waals surface area contributed by atoms with Crippen LogP contribution in [0.2, 0.25) is 0 Å². The van der Waals surface area contributed by atoms with Crippen LogP contribution >= 0.6 is 0 Å². The maximum absolute atomic E-state index is 13.9. The summed E-state index contributed by atoms with van der Waals surface area (Å²) in [6.07, 6.45) is 1.93. The summed E-state index contributed by atoms with van der Waals surface area (Å²) >= 11 is 0. The number of hydrogen-bond acceptors (Lipinski definition) is 3. The van der Waals surface area contributed by atoms with E-state index in [2.05, 4.69) is 5.32 Å². The molecule has 0 aliphatic carbocycles. The normalized spacial score (nSPS) is 21.4.